The van der Waals surface area contributed by atoms with Gasteiger partial charge in [0.2, 0.25) is 11.1 Å². The highest BCUT2D eigenvalue weighted by molar-refractivity contribution is 7.15. The van der Waals surface area contributed by atoms with E-state index in [0.29, 0.717) is 22.3 Å². The summed E-state index contributed by atoms with van der Waals surface area (Å²) in [6.07, 6.45) is 3.11. The first kappa shape index (κ1) is 19.7. The fourth-order valence-electron chi connectivity index (χ4n) is 2.51. The van der Waals surface area contributed by atoms with E-state index in [9.17, 15) is 4.79 Å². The van der Waals surface area contributed by atoms with Crippen LogP contribution in [0.4, 0.5) is 11.1 Å². The first-order valence-corrected chi connectivity index (χ1v) is 9.55. The van der Waals surface area contributed by atoms with Crippen LogP contribution in [0.25, 0.3) is 0 Å². The number of carbonyl (C=O) groups excluding carboxylic acids is 1. The molecule has 146 valence electrons. The van der Waals surface area contributed by atoms with Crippen molar-refractivity contribution in [3.8, 4) is 5.75 Å². The van der Waals surface area contributed by atoms with E-state index in [1.165, 1.54) is 23.1 Å². The number of rotatable bonds is 7. The summed E-state index contributed by atoms with van der Waals surface area (Å²) in [7, 11) is 5.35. The van der Waals surface area contributed by atoms with Crippen molar-refractivity contribution in [3.63, 3.8) is 0 Å². The van der Waals surface area contributed by atoms with Crippen LogP contribution in [0.5, 0.6) is 5.75 Å². The van der Waals surface area contributed by atoms with E-state index in [0.717, 1.165) is 23.6 Å². The number of hydrogen-bond acceptors (Lipinski definition) is 8. The third-order valence-electron chi connectivity index (χ3n) is 4.09. The third-order valence-corrected chi connectivity index (χ3v) is 4.98. The summed E-state index contributed by atoms with van der Waals surface area (Å²) in [5.74, 6) is 1.11. The molecule has 2 heterocycles. The van der Waals surface area contributed by atoms with Gasteiger partial charge in [0.25, 0.3) is 5.91 Å². The van der Waals surface area contributed by atoms with E-state index < -0.39 is 0 Å². The summed E-state index contributed by atoms with van der Waals surface area (Å²) in [6.45, 7) is 1.78. The lowest BCUT2D eigenvalue weighted by atomic mass is 10.1. The number of ether oxygens (including phenoxy) is 1. The van der Waals surface area contributed by atoms with Crippen LogP contribution in [-0.2, 0) is 12.8 Å². The smallest absolute Gasteiger partial charge is 0.260 e. The van der Waals surface area contributed by atoms with Crippen molar-refractivity contribution in [1.82, 2.24) is 20.2 Å². The Morgan fingerprint density at radius 3 is 2.57 bits per heavy atom. The monoisotopic (exact) mass is 398 g/mol. The molecule has 0 saturated carbocycles. The Balaban J connectivity index is 1.60. The largest absolute Gasteiger partial charge is 0.497 e. The number of nitrogens with one attached hydrogen (secondary N) is 1. The molecule has 0 aliphatic carbocycles. The maximum Gasteiger partial charge on any atom is 0.260 e. The maximum atomic E-state index is 12.5. The highest BCUT2D eigenvalue weighted by Gasteiger charge is 2.15. The average Bonchev–Trinajstić information content (AvgIpc) is 3.13. The number of anilines is 2. The van der Waals surface area contributed by atoms with E-state index in [1.807, 2.05) is 38.4 Å². The van der Waals surface area contributed by atoms with Gasteiger partial charge in [-0.2, -0.15) is 0 Å². The zero-order valence-electron chi connectivity index (χ0n) is 16.3. The predicted octanol–water partition coefficient (Wildman–Crippen LogP) is 2.75. The van der Waals surface area contributed by atoms with Crippen LogP contribution in [-0.4, -0.2) is 47.3 Å². The van der Waals surface area contributed by atoms with Crippen molar-refractivity contribution < 1.29 is 9.53 Å². The molecule has 0 aliphatic rings. The second-order valence-electron chi connectivity index (χ2n) is 6.37. The lowest BCUT2D eigenvalue weighted by Gasteiger charge is -2.11. The highest BCUT2D eigenvalue weighted by Crippen LogP contribution is 2.20. The third kappa shape index (κ3) is 4.80. The Morgan fingerprint density at radius 1 is 1.18 bits per heavy atom. The van der Waals surface area contributed by atoms with Crippen LogP contribution in [0, 0.1) is 6.92 Å². The predicted molar refractivity (Wildman–Crippen MR) is 109 cm³/mol. The Kier molecular flexibility index (Phi) is 6.15. The van der Waals surface area contributed by atoms with Gasteiger partial charge in [-0.15, -0.1) is 10.2 Å². The van der Waals surface area contributed by atoms with E-state index >= 15 is 0 Å². The SMILES string of the molecule is COc1ccc(CCc2nnc(NC(=O)c3cnc(N(C)C)nc3C)s2)cc1. The molecule has 8 nitrogen and oxygen atoms in total. The maximum absolute atomic E-state index is 12.5. The molecule has 1 amide bonds. The van der Waals surface area contributed by atoms with E-state index in [1.54, 1.807) is 18.9 Å². The quantitative estimate of drug-likeness (QED) is 0.654. The van der Waals surface area contributed by atoms with E-state index in [2.05, 4.69) is 25.5 Å². The first-order valence-electron chi connectivity index (χ1n) is 8.74. The minimum absolute atomic E-state index is 0.291. The Morgan fingerprint density at radius 2 is 1.93 bits per heavy atom. The van der Waals surface area contributed by atoms with Crippen LogP contribution in [0.3, 0.4) is 0 Å². The second kappa shape index (κ2) is 8.75. The number of carbonyl (C=O) groups is 1. The minimum atomic E-state index is -0.291. The summed E-state index contributed by atoms with van der Waals surface area (Å²) >= 11 is 1.37. The number of amides is 1. The van der Waals surface area contributed by atoms with Crippen LogP contribution >= 0.6 is 11.3 Å². The summed E-state index contributed by atoms with van der Waals surface area (Å²) in [5.41, 5.74) is 2.22. The molecule has 0 radical (unpaired) electrons. The van der Waals surface area contributed by atoms with Gasteiger partial charge < -0.3 is 9.64 Å². The first-order chi connectivity index (χ1) is 13.5. The molecule has 0 spiro atoms. The molecule has 0 unspecified atom stereocenters. The molecule has 0 saturated heterocycles. The molecule has 0 atom stereocenters. The molecule has 2 aromatic heterocycles. The number of nitrogens with zero attached hydrogens (tertiary/aromatic N) is 5. The molecule has 1 aromatic carbocycles. The van der Waals surface area contributed by atoms with Gasteiger partial charge in [0.15, 0.2) is 0 Å². The number of benzene rings is 1. The Hall–Kier alpha value is -3.07. The molecule has 0 aliphatic heterocycles. The van der Waals surface area contributed by atoms with Crippen LogP contribution < -0.4 is 15.0 Å². The van der Waals surface area contributed by atoms with E-state index in [4.69, 9.17) is 4.74 Å². The standard InChI is InChI=1S/C19H22N6O2S/c1-12-15(11-20-18(21-12)25(2)3)17(26)22-19-24-23-16(28-19)10-7-13-5-8-14(27-4)9-6-13/h5-6,8-9,11H,7,10H2,1-4H3,(H,22,24,26). The fraction of sp³-hybridized carbons (Fsp3) is 0.316. The zero-order valence-corrected chi connectivity index (χ0v) is 17.1. The number of methoxy groups -OCH3 is 1. The normalized spacial score (nSPS) is 10.6. The summed E-state index contributed by atoms with van der Waals surface area (Å²) in [5, 5.41) is 12.3. The summed E-state index contributed by atoms with van der Waals surface area (Å²) < 4.78 is 5.16. The Labute approximate surface area is 167 Å². The summed E-state index contributed by atoms with van der Waals surface area (Å²) in [4.78, 5) is 22.8. The molecular formula is C19H22N6O2S. The van der Waals surface area contributed by atoms with Crippen molar-refractivity contribution in [1.29, 1.82) is 0 Å². The van der Waals surface area contributed by atoms with Crippen molar-refractivity contribution in [3.05, 3.63) is 52.3 Å². The van der Waals surface area contributed by atoms with Crippen LogP contribution in [0.15, 0.2) is 30.5 Å². The van der Waals surface area contributed by atoms with Gasteiger partial charge in [0, 0.05) is 26.7 Å². The van der Waals surface area contributed by atoms with Crippen LogP contribution in [0.2, 0.25) is 0 Å². The van der Waals surface area contributed by atoms with Gasteiger partial charge >= 0.3 is 0 Å². The molecule has 0 fully saturated rings. The lowest BCUT2D eigenvalue weighted by molar-refractivity contribution is 0.102. The molecule has 3 rings (SSSR count). The zero-order chi connectivity index (χ0) is 20.1. The van der Waals surface area contributed by atoms with Gasteiger partial charge in [0.1, 0.15) is 10.8 Å². The van der Waals surface area contributed by atoms with Crippen molar-refractivity contribution in [2.75, 3.05) is 31.4 Å². The molecule has 3 aromatic rings. The Bertz CT molecular complexity index is 955. The van der Waals surface area contributed by atoms with E-state index in [-0.39, 0.29) is 5.91 Å². The number of hydrogen-bond donors (Lipinski definition) is 1. The second-order valence-corrected chi connectivity index (χ2v) is 7.43. The lowest BCUT2D eigenvalue weighted by Crippen LogP contribution is -2.18. The minimum Gasteiger partial charge on any atom is -0.497 e. The summed E-state index contributed by atoms with van der Waals surface area (Å²) in [6, 6.07) is 7.94. The number of aryl methyl sites for hydroxylation is 3. The average molecular weight is 398 g/mol. The van der Waals surface area contributed by atoms with Crippen molar-refractivity contribution in [2.45, 2.75) is 19.8 Å². The molecule has 0 bridgehead atoms. The highest BCUT2D eigenvalue weighted by atomic mass is 32.1. The van der Waals surface area contributed by atoms with Gasteiger partial charge in [-0.1, -0.05) is 23.5 Å². The van der Waals surface area contributed by atoms with Crippen molar-refractivity contribution in [2.24, 2.45) is 0 Å². The fourth-order valence-corrected chi connectivity index (χ4v) is 3.24. The molecule has 28 heavy (non-hydrogen) atoms. The van der Waals surface area contributed by atoms with Gasteiger partial charge in [0.05, 0.1) is 18.4 Å². The van der Waals surface area contributed by atoms with Crippen molar-refractivity contribution >= 4 is 28.3 Å². The topological polar surface area (TPSA) is 93.1 Å². The molecular weight excluding hydrogens is 376 g/mol. The van der Waals surface area contributed by atoms with Gasteiger partial charge in [-0.25, -0.2) is 9.97 Å². The number of aromatic nitrogens is 4. The van der Waals surface area contributed by atoms with Gasteiger partial charge in [-0.05, 0) is 31.0 Å². The molecule has 1 N–H and O–H groups in total. The van der Waals surface area contributed by atoms with Gasteiger partial charge in [-0.3, -0.25) is 10.1 Å². The van der Waals surface area contributed by atoms with Crippen LogP contribution in [0.1, 0.15) is 26.6 Å². The molecule has 9 heteroatoms.